The van der Waals surface area contributed by atoms with Crippen molar-refractivity contribution in [2.24, 2.45) is 0 Å². The molecule has 0 aliphatic rings. The number of carboxylic acids is 1. The van der Waals surface area contributed by atoms with Crippen LogP contribution >= 0.6 is 11.6 Å². The van der Waals surface area contributed by atoms with E-state index in [-0.39, 0.29) is 17.3 Å². The molecule has 5 rings (SSSR count). The van der Waals surface area contributed by atoms with Crippen molar-refractivity contribution in [1.29, 1.82) is 0 Å². The normalized spacial score (nSPS) is 11.9. The number of carbonyl (C=O) groups excluding carboxylic acids is 1. The van der Waals surface area contributed by atoms with Gasteiger partial charge in [0.2, 0.25) is 0 Å². The number of rotatable bonds is 9. The van der Waals surface area contributed by atoms with Gasteiger partial charge in [0, 0.05) is 28.8 Å². The summed E-state index contributed by atoms with van der Waals surface area (Å²) in [5.74, 6) is -0.565. The first-order valence-electron chi connectivity index (χ1n) is 12.5. The van der Waals surface area contributed by atoms with Crippen LogP contribution in [0.2, 0.25) is 5.02 Å². The fourth-order valence-corrected chi connectivity index (χ4v) is 5.03. The van der Waals surface area contributed by atoms with Crippen LogP contribution in [0.4, 0.5) is 0 Å². The lowest BCUT2D eigenvalue weighted by Gasteiger charge is -2.17. The Labute approximate surface area is 225 Å². The molecule has 2 N–H and O–H groups in total. The molecule has 2 aromatic heterocycles. The molecule has 7 heteroatoms. The Bertz CT molecular complexity index is 1600. The molecule has 6 nitrogen and oxygen atoms in total. The molecule has 0 aliphatic heterocycles. The van der Waals surface area contributed by atoms with Crippen molar-refractivity contribution in [1.82, 2.24) is 15.0 Å². The fourth-order valence-electron chi connectivity index (χ4n) is 4.86. The van der Waals surface area contributed by atoms with Crippen molar-refractivity contribution in [3.05, 3.63) is 107 Å². The third-order valence-corrected chi connectivity index (χ3v) is 6.96. The van der Waals surface area contributed by atoms with E-state index < -0.39 is 5.97 Å². The standard InChI is InChI=1S/C31H26ClN3O3/c1-2-6-20(19-7-4-3-5-8-19)16-29(36)21-9-11-23(26(15-21)31(37)38)25-17-22(32)10-12-24(25)30-34-27-13-14-33-18-28(27)35-30/h3-5,7-15,17-18,20H,2,6,16H2,1H3,(H,34,35)(H,37,38)/t20-/m0/s1. The summed E-state index contributed by atoms with van der Waals surface area (Å²) in [6.07, 6.45) is 5.48. The summed E-state index contributed by atoms with van der Waals surface area (Å²) in [5, 5.41) is 10.6. The lowest BCUT2D eigenvalue weighted by molar-refractivity contribution is 0.0697. The molecule has 5 aromatic rings. The molecule has 38 heavy (non-hydrogen) atoms. The first kappa shape index (κ1) is 25.4. The number of nitrogens with one attached hydrogen (secondary N) is 1. The number of fused-ring (bicyclic) bond motifs is 1. The van der Waals surface area contributed by atoms with Gasteiger partial charge in [-0.1, -0.05) is 67.4 Å². The summed E-state index contributed by atoms with van der Waals surface area (Å²) < 4.78 is 0. The number of imidazole rings is 1. The maximum Gasteiger partial charge on any atom is 0.336 e. The van der Waals surface area contributed by atoms with E-state index in [0.717, 1.165) is 29.4 Å². The summed E-state index contributed by atoms with van der Waals surface area (Å²) in [5.41, 5.74) is 4.79. The molecule has 0 amide bonds. The summed E-state index contributed by atoms with van der Waals surface area (Å²) in [7, 11) is 0. The van der Waals surface area contributed by atoms with E-state index >= 15 is 0 Å². The number of nitrogens with zero attached hydrogens (tertiary/aromatic N) is 2. The van der Waals surface area contributed by atoms with Crippen LogP contribution < -0.4 is 0 Å². The van der Waals surface area contributed by atoms with Crippen molar-refractivity contribution >= 4 is 34.4 Å². The smallest absolute Gasteiger partial charge is 0.336 e. The van der Waals surface area contributed by atoms with Gasteiger partial charge in [-0.3, -0.25) is 9.78 Å². The number of hydrogen-bond acceptors (Lipinski definition) is 4. The lowest BCUT2D eigenvalue weighted by Crippen LogP contribution is -2.10. The summed E-state index contributed by atoms with van der Waals surface area (Å²) in [4.78, 5) is 37.8. The van der Waals surface area contributed by atoms with Crippen LogP contribution in [0, 0.1) is 0 Å². The Morgan fingerprint density at radius 1 is 0.974 bits per heavy atom. The SMILES string of the molecule is CCC[C@@H](CC(=O)c1ccc(-c2cc(Cl)ccc2-c2nc3ccncc3[nH]2)c(C(=O)O)c1)c1ccccc1. The molecule has 0 spiro atoms. The second kappa shape index (κ2) is 11.0. The molecule has 0 unspecified atom stereocenters. The zero-order chi connectivity index (χ0) is 26.6. The summed E-state index contributed by atoms with van der Waals surface area (Å²) in [6, 6.07) is 21.9. The Hall–Kier alpha value is -4.29. The van der Waals surface area contributed by atoms with E-state index in [1.807, 2.05) is 36.4 Å². The fraction of sp³-hybridized carbons (Fsp3) is 0.161. The van der Waals surface area contributed by atoms with Crippen LogP contribution in [-0.4, -0.2) is 31.8 Å². The van der Waals surface area contributed by atoms with Crippen LogP contribution in [-0.2, 0) is 0 Å². The van der Waals surface area contributed by atoms with E-state index in [1.54, 1.807) is 42.7 Å². The molecule has 3 aromatic carbocycles. The van der Waals surface area contributed by atoms with Gasteiger partial charge in [-0.05, 0) is 59.4 Å². The van der Waals surface area contributed by atoms with Gasteiger partial charge in [0.15, 0.2) is 5.78 Å². The van der Waals surface area contributed by atoms with Gasteiger partial charge in [0.05, 0.1) is 22.8 Å². The molecule has 0 fully saturated rings. The molecule has 0 saturated carbocycles. The second-order valence-corrected chi connectivity index (χ2v) is 9.69. The zero-order valence-corrected chi connectivity index (χ0v) is 21.6. The van der Waals surface area contributed by atoms with E-state index in [2.05, 4.69) is 21.9 Å². The van der Waals surface area contributed by atoms with Crippen LogP contribution in [0.25, 0.3) is 33.5 Å². The third-order valence-electron chi connectivity index (χ3n) is 6.72. The number of aromatic carboxylic acids is 1. The minimum absolute atomic E-state index is 0.0314. The topological polar surface area (TPSA) is 95.9 Å². The number of Topliss-reactive ketones (excluding diaryl/α,β-unsaturated/α-hetero) is 1. The van der Waals surface area contributed by atoms with Gasteiger partial charge < -0.3 is 10.1 Å². The first-order valence-corrected chi connectivity index (χ1v) is 12.9. The highest BCUT2D eigenvalue weighted by Crippen LogP contribution is 2.36. The Balaban J connectivity index is 1.54. The number of carbonyl (C=O) groups is 2. The average molecular weight is 524 g/mol. The first-order chi connectivity index (χ1) is 18.4. The Morgan fingerprint density at radius 3 is 2.50 bits per heavy atom. The van der Waals surface area contributed by atoms with E-state index in [4.69, 9.17) is 11.6 Å². The number of aromatic amines is 1. The third kappa shape index (κ3) is 5.22. The maximum atomic E-state index is 13.3. The quantitative estimate of drug-likeness (QED) is 0.192. The predicted octanol–water partition coefficient (Wildman–Crippen LogP) is 7.80. The van der Waals surface area contributed by atoms with Crippen LogP contribution in [0.5, 0.6) is 0 Å². The summed E-state index contributed by atoms with van der Waals surface area (Å²) >= 11 is 6.35. The van der Waals surface area contributed by atoms with Crippen molar-refractivity contribution in [3.8, 4) is 22.5 Å². The molecule has 2 heterocycles. The highest BCUT2D eigenvalue weighted by atomic mass is 35.5. The van der Waals surface area contributed by atoms with Crippen molar-refractivity contribution in [3.63, 3.8) is 0 Å². The van der Waals surface area contributed by atoms with Gasteiger partial charge in [-0.2, -0.15) is 0 Å². The van der Waals surface area contributed by atoms with Gasteiger partial charge in [0.1, 0.15) is 5.82 Å². The molecule has 0 bridgehead atoms. The van der Waals surface area contributed by atoms with Gasteiger partial charge >= 0.3 is 5.97 Å². The van der Waals surface area contributed by atoms with Crippen molar-refractivity contribution in [2.45, 2.75) is 32.1 Å². The van der Waals surface area contributed by atoms with Gasteiger partial charge in [-0.15, -0.1) is 0 Å². The largest absolute Gasteiger partial charge is 0.478 e. The highest BCUT2D eigenvalue weighted by Gasteiger charge is 2.22. The highest BCUT2D eigenvalue weighted by molar-refractivity contribution is 6.31. The average Bonchev–Trinajstić information content (AvgIpc) is 3.37. The second-order valence-electron chi connectivity index (χ2n) is 9.26. The van der Waals surface area contributed by atoms with E-state index in [1.165, 1.54) is 6.07 Å². The Morgan fingerprint density at radius 2 is 1.76 bits per heavy atom. The van der Waals surface area contributed by atoms with Crippen molar-refractivity contribution < 1.29 is 14.7 Å². The van der Waals surface area contributed by atoms with E-state index in [9.17, 15) is 14.7 Å². The number of halogens is 1. The number of ketones is 1. The molecular formula is C31H26ClN3O3. The minimum atomic E-state index is -1.12. The summed E-state index contributed by atoms with van der Waals surface area (Å²) in [6.45, 7) is 2.10. The molecule has 0 saturated heterocycles. The number of benzene rings is 3. The van der Waals surface area contributed by atoms with Gasteiger partial charge in [0.25, 0.3) is 0 Å². The number of pyridine rings is 1. The monoisotopic (exact) mass is 523 g/mol. The van der Waals surface area contributed by atoms with E-state index in [0.29, 0.717) is 39.5 Å². The zero-order valence-electron chi connectivity index (χ0n) is 20.8. The van der Waals surface area contributed by atoms with Gasteiger partial charge in [-0.25, -0.2) is 9.78 Å². The number of H-pyrrole nitrogens is 1. The lowest BCUT2D eigenvalue weighted by atomic mass is 9.87. The molecule has 0 radical (unpaired) electrons. The molecular weight excluding hydrogens is 498 g/mol. The molecule has 1 atom stereocenters. The minimum Gasteiger partial charge on any atom is -0.478 e. The van der Waals surface area contributed by atoms with Crippen LogP contribution in [0.3, 0.4) is 0 Å². The number of carboxylic acid groups (broad SMARTS) is 1. The van der Waals surface area contributed by atoms with Crippen LogP contribution in [0.1, 0.15) is 58.4 Å². The number of aromatic nitrogens is 3. The maximum absolute atomic E-state index is 13.3. The number of hydrogen-bond donors (Lipinski definition) is 2. The Kier molecular flexibility index (Phi) is 7.33. The molecule has 0 aliphatic carbocycles. The van der Waals surface area contributed by atoms with Crippen molar-refractivity contribution in [2.75, 3.05) is 0 Å². The molecule has 190 valence electrons. The van der Waals surface area contributed by atoms with Crippen LogP contribution in [0.15, 0.2) is 85.2 Å². The predicted molar refractivity (Wildman–Crippen MR) is 150 cm³/mol.